The largest absolute Gasteiger partial charge is 0.444 e. The van der Waals surface area contributed by atoms with Crippen molar-refractivity contribution in [3.63, 3.8) is 0 Å². The highest BCUT2D eigenvalue weighted by molar-refractivity contribution is 6.74. The fourth-order valence-corrected chi connectivity index (χ4v) is 4.84. The minimum absolute atomic E-state index is 0.0539. The second kappa shape index (κ2) is 9.63. The Bertz CT molecular complexity index is 1040. The second-order valence-electron chi connectivity index (χ2n) is 11.5. The zero-order valence-electron chi connectivity index (χ0n) is 21.5. The molecule has 188 valence electrons. The molecule has 34 heavy (non-hydrogen) atoms. The number of rotatable bonds is 5. The topological polar surface area (TPSA) is 56.6 Å². The molecule has 0 bridgehead atoms. The van der Waals surface area contributed by atoms with Gasteiger partial charge < -0.3 is 14.1 Å². The van der Waals surface area contributed by atoms with E-state index in [0.717, 1.165) is 11.3 Å². The normalized spacial score (nSPS) is 17.0. The molecule has 0 saturated heterocycles. The van der Waals surface area contributed by atoms with E-state index < -0.39 is 19.7 Å². The first-order chi connectivity index (χ1) is 15.6. The van der Waals surface area contributed by atoms with Crippen molar-refractivity contribution in [2.24, 2.45) is 0 Å². The van der Waals surface area contributed by atoms with Gasteiger partial charge in [-0.25, -0.2) is 9.18 Å². The standard InChI is InChI=1S/C25H37ClFN3O3Si/c1-24(2,3)33-23(31)29-15-18(11-12-32-34(7,8)25(4,5)6)30-19(16-29)14-22(28-30)17-9-10-21(27)20(26)13-17/h9-10,13-14,18H,11-12,15-16H2,1-8H3. The van der Waals surface area contributed by atoms with Crippen LogP contribution < -0.4 is 0 Å². The van der Waals surface area contributed by atoms with E-state index in [1.165, 1.54) is 6.07 Å². The van der Waals surface area contributed by atoms with Crippen LogP contribution in [0.5, 0.6) is 0 Å². The van der Waals surface area contributed by atoms with Crippen molar-refractivity contribution in [3.05, 3.63) is 40.8 Å². The van der Waals surface area contributed by atoms with E-state index in [0.29, 0.717) is 31.8 Å². The van der Waals surface area contributed by atoms with E-state index in [1.54, 1.807) is 17.0 Å². The molecule has 1 atom stereocenters. The molecule has 0 fully saturated rings. The zero-order valence-corrected chi connectivity index (χ0v) is 23.3. The molecule has 0 spiro atoms. The Kier molecular flexibility index (Phi) is 7.56. The molecule has 6 nitrogen and oxygen atoms in total. The van der Waals surface area contributed by atoms with Gasteiger partial charge in [0.2, 0.25) is 0 Å². The summed E-state index contributed by atoms with van der Waals surface area (Å²) in [6.07, 6.45) is 0.367. The Hall–Kier alpha value is -1.90. The van der Waals surface area contributed by atoms with Gasteiger partial charge in [-0.3, -0.25) is 4.68 Å². The van der Waals surface area contributed by atoms with Crippen LogP contribution in [0.25, 0.3) is 11.3 Å². The summed E-state index contributed by atoms with van der Waals surface area (Å²) in [5.41, 5.74) is 1.74. The monoisotopic (exact) mass is 509 g/mol. The summed E-state index contributed by atoms with van der Waals surface area (Å²) >= 11 is 6.00. The van der Waals surface area contributed by atoms with Crippen molar-refractivity contribution >= 4 is 26.0 Å². The van der Waals surface area contributed by atoms with Crippen LogP contribution in [-0.2, 0) is 15.7 Å². The summed E-state index contributed by atoms with van der Waals surface area (Å²) in [5, 5.41) is 4.99. The third-order valence-electron chi connectivity index (χ3n) is 6.53. The third-order valence-corrected chi connectivity index (χ3v) is 11.4. The van der Waals surface area contributed by atoms with Crippen LogP contribution in [0.15, 0.2) is 24.3 Å². The lowest BCUT2D eigenvalue weighted by Gasteiger charge is -2.38. The van der Waals surface area contributed by atoms with E-state index in [4.69, 9.17) is 25.9 Å². The van der Waals surface area contributed by atoms with Gasteiger partial charge in [0.1, 0.15) is 11.4 Å². The van der Waals surface area contributed by atoms with Crippen LogP contribution in [0.3, 0.4) is 0 Å². The first kappa shape index (κ1) is 26.7. The number of carbonyl (C=O) groups excluding carboxylic acids is 1. The molecule has 1 amide bonds. The number of amides is 1. The summed E-state index contributed by atoms with van der Waals surface area (Å²) in [6.45, 7) is 18.2. The number of aromatic nitrogens is 2. The molecule has 1 aromatic heterocycles. The number of hydrogen-bond acceptors (Lipinski definition) is 4. The lowest BCUT2D eigenvalue weighted by atomic mass is 10.1. The highest BCUT2D eigenvalue weighted by Crippen LogP contribution is 2.37. The summed E-state index contributed by atoms with van der Waals surface area (Å²) in [6, 6.07) is 6.45. The van der Waals surface area contributed by atoms with E-state index in [1.807, 2.05) is 31.5 Å². The molecule has 0 aliphatic carbocycles. The van der Waals surface area contributed by atoms with Crippen LogP contribution in [0, 0.1) is 5.82 Å². The highest BCUT2D eigenvalue weighted by Gasteiger charge is 2.38. The Balaban J connectivity index is 1.87. The number of fused-ring (bicyclic) bond motifs is 1. The summed E-state index contributed by atoms with van der Waals surface area (Å²) in [5.74, 6) is -0.467. The van der Waals surface area contributed by atoms with Gasteiger partial charge in [-0.2, -0.15) is 5.10 Å². The molecule has 0 N–H and O–H groups in total. The van der Waals surface area contributed by atoms with Gasteiger partial charge in [-0.1, -0.05) is 32.4 Å². The number of ether oxygens (including phenoxy) is 1. The molecule has 2 heterocycles. The maximum absolute atomic E-state index is 13.7. The highest BCUT2D eigenvalue weighted by atomic mass is 35.5. The van der Waals surface area contributed by atoms with Crippen molar-refractivity contribution in [3.8, 4) is 11.3 Å². The molecule has 1 unspecified atom stereocenters. The predicted molar refractivity (Wildman–Crippen MR) is 136 cm³/mol. The zero-order chi connectivity index (χ0) is 25.5. The van der Waals surface area contributed by atoms with Gasteiger partial charge in [0.15, 0.2) is 8.32 Å². The van der Waals surface area contributed by atoms with Crippen molar-refractivity contribution in [2.75, 3.05) is 13.2 Å². The number of benzene rings is 1. The van der Waals surface area contributed by atoms with E-state index >= 15 is 0 Å². The fraction of sp³-hybridized carbons (Fsp3) is 0.600. The summed E-state index contributed by atoms with van der Waals surface area (Å²) in [7, 11) is -1.90. The van der Waals surface area contributed by atoms with E-state index in [2.05, 4.69) is 33.9 Å². The van der Waals surface area contributed by atoms with E-state index in [9.17, 15) is 9.18 Å². The van der Waals surface area contributed by atoms with Gasteiger partial charge >= 0.3 is 6.09 Å². The maximum atomic E-state index is 13.7. The quantitative estimate of drug-likeness (QED) is 0.405. The fourth-order valence-electron chi connectivity index (χ4n) is 3.60. The molecule has 1 aliphatic heterocycles. The average molecular weight is 510 g/mol. The molecule has 1 aromatic carbocycles. The van der Waals surface area contributed by atoms with Gasteiger partial charge in [0.25, 0.3) is 0 Å². The molecule has 3 rings (SSSR count). The van der Waals surface area contributed by atoms with Crippen molar-refractivity contribution in [1.82, 2.24) is 14.7 Å². The molecular weight excluding hydrogens is 473 g/mol. The Labute approximate surface area is 208 Å². The first-order valence-corrected chi connectivity index (χ1v) is 15.0. The molecule has 0 radical (unpaired) electrons. The summed E-state index contributed by atoms with van der Waals surface area (Å²) < 4.78 is 27.7. The SMILES string of the molecule is CC(C)(C)OC(=O)N1Cc2cc(-c3ccc(F)c(Cl)c3)nn2C(CCO[Si](C)(C)C(C)(C)C)C1. The maximum Gasteiger partial charge on any atom is 0.410 e. The minimum Gasteiger partial charge on any atom is -0.444 e. The molecular formula is C25H37ClFN3O3Si. The van der Waals surface area contributed by atoms with Gasteiger partial charge in [-0.05, 0) is 69.6 Å². The van der Waals surface area contributed by atoms with Crippen LogP contribution in [-0.4, -0.2) is 47.8 Å². The van der Waals surface area contributed by atoms with Gasteiger partial charge in [0, 0.05) is 18.7 Å². The Morgan fingerprint density at radius 1 is 1.21 bits per heavy atom. The number of nitrogens with zero attached hydrogens (tertiary/aromatic N) is 3. The number of carbonyl (C=O) groups is 1. The predicted octanol–water partition coefficient (Wildman–Crippen LogP) is 7.05. The van der Waals surface area contributed by atoms with Crippen molar-refractivity contribution in [1.29, 1.82) is 0 Å². The molecule has 0 saturated carbocycles. The second-order valence-corrected chi connectivity index (χ2v) is 16.7. The van der Waals surface area contributed by atoms with Crippen LogP contribution >= 0.6 is 11.6 Å². The molecule has 2 aromatic rings. The van der Waals surface area contributed by atoms with Crippen LogP contribution in [0.4, 0.5) is 9.18 Å². The summed E-state index contributed by atoms with van der Waals surface area (Å²) in [4.78, 5) is 14.6. The first-order valence-electron chi connectivity index (χ1n) is 11.7. The smallest absolute Gasteiger partial charge is 0.410 e. The molecule has 9 heteroatoms. The molecule has 1 aliphatic rings. The van der Waals surface area contributed by atoms with Gasteiger partial charge in [0.05, 0.1) is 29.0 Å². The third kappa shape index (κ3) is 6.20. The number of hydrogen-bond donors (Lipinski definition) is 0. The lowest BCUT2D eigenvalue weighted by molar-refractivity contribution is 0.0148. The van der Waals surface area contributed by atoms with Crippen molar-refractivity contribution < 1.29 is 18.3 Å². The van der Waals surface area contributed by atoms with Crippen LogP contribution in [0.2, 0.25) is 23.2 Å². The average Bonchev–Trinajstić information content (AvgIpc) is 3.12. The minimum atomic E-state index is -1.90. The van der Waals surface area contributed by atoms with Crippen LogP contribution in [0.1, 0.15) is 59.7 Å². The number of halogens is 2. The van der Waals surface area contributed by atoms with Crippen molar-refractivity contribution in [2.45, 2.75) is 84.3 Å². The Morgan fingerprint density at radius 2 is 1.88 bits per heavy atom. The lowest BCUT2D eigenvalue weighted by Crippen LogP contribution is -2.45. The van der Waals surface area contributed by atoms with E-state index in [-0.39, 0.29) is 22.2 Å². The Morgan fingerprint density at radius 3 is 2.47 bits per heavy atom. The van der Waals surface area contributed by atoms with Gasteiger partial charge in [-0.15, -0.1) is 0 Å².